The quantitative estimate of drug-likeness (QED) is 0.753. The van der Waals surface area contributed by atoms with Crippen LogP contribution in [0.1, 0.15) is 31.1 Å². The summed E-state index contributed by atoms with van der Waals surface area (Å²) in [6.45, 7) is 4.08. The Morgan fingerprint density at radius 2 is 2.23 bits per heavy atom. The van der Waals surface area contributed by atoms with Crippen LogP contribution < -0.4 is 0 Å². The summed E-state index contributed by atoms with van der Waals surface area (Å²) >= 11 is 5.18. The van der Waals surface area contributed by atoms with Gasteiger partial charge in [0.25, 0.3) is 0 Å². The molecule has 1 aliphatic carbocycles. The van der Waals surface area contributed by atoms with Crippen molar-refractivity contribution in [3.63, 3.8) is 0 Å². The Bertz CT molecular complexity index is 354. The first-order valence-corrected chi connectivity index (χ1v) is 5.91. The summed E-state index contributed by atoms with van der Waals surface area (Å²) < 4.78 is 1.15. The highest BCUT2D eigenvalue weighted by Gasteiger charge is 2.48. The topological polar surface area (TPSA) is 17.1 Å². The van der Waals surface area contributed by atoms with Crippen LogP contribution in [0.25, 0.3) is 0 Å². The molecule has 1 unspecified atom stereocenters. The van der Waals surface area contributed by atoms with Crippen LogP contribution in [-0.2, 0) is 4.79 Å². The van der Waals surface area contributed by atoms with Gasteiger partial charge in [0, 0.05) is 22.6 Å². The molecular formula is C10H11BrOS. The van der Waals surface area contributed by atoms with Gasteiger partial charge in [0.1, 0.15) is 5.78 Å². The first-order chi connectivity index (χ1) is 6.01. The Morgan fingerprint density at radius 1 is 1.54 bits per heavy atom. The van der Waals surface area contributed by atoms with Gasteiger partial charge in [-0.25, -0.2) is 0 Å². The molecule has 2 rings (SSSR count). The maximum absolute atomic E-state index is 11.3. The number of Topliss-reactive ketones (excluding diaryl/α,β-unsaturated/α-hetero) is 1. The zero-order chi connectivity index (χ0) is 9.64. The predicted molar refractivity (Wildman–Crippen MR) is 58.2 cm³/mol. The van der Waals surface area contributed by atoms with Gasteiger partial charge in [0.05, 0.1) is 3.79 Å². The van der Waals surface area contributed by atoms with E-state index in [1.54, 1.807) is 11.3 Å². The van der Waals surface area contributed by atoms with E-state index in [2.05, 4.69) is 28.1 Å². The molecule has 0 radical (unpaired) electrons. The Hall–Kier alpha value is -0.150. The molecule has 0 aliphatic heterocycles. The van der Waals surface area contributed by atoms with Gasteiger partial charge in [-0.15, -0.1) is 11.3 Å². The van der Waals surface area contributed by atoms with Gasteiger partial charge < -0.3 is 0 Å². The highest BCUT2D eigenvalue weighted by Crippen LogP contribution is 2.51. The molecule has 0 N–H and O–H groups in total. The second kappa shape index (κ2) is 2.92. The molecule has 0 aromatic carbocycles. The first kappa shape index (κ1) is 9.41. The largest absolute Gasteiger partial charge is 0.299 e. The number of ketones is 1. The van der Waals surface area contributed by atoms with E-state index < -0.39 is 0 Å². The van der Waals surface area contributed by atoms with E-state index in [-0.39, 0.29) is 5.41 Å². The minimum absolute atomic E-state index is 0.135. The van der Waals surface area contributed by atoms with Crippen molar-refractivity contribution in [3.8, 4) is 0 Å². The van der Waals surface area contributed by atoms with Gasteiger partial charge in [-0.05, 0) is 28.1 Å². The lowest BCUT2D eigenvalue weighted by molar-refractivity contribution is -0.137. The lowest BCUT2D eigenvalue weighted by Gasteiger charge is -2.41. The summed E-state index contributed by atoms with van der Waals surface area (Å²) in [5, 5.41) is 0. The summed E-state index contributed by atoms with van der Waals surface area (Å²) in [6, 6.07) is 4.17. The predicted octanol–water partition coefficient (Wildman–Crippen LogP) is 3.59. The van der Waals surface area contributed by atoms with Crippen molar-refractivity contribution >= 4 is 33.0 Å². The van der Waals surface area contributed by atoms with Crippen LogP contribution in [-0.4, -0.2) is 5.78 Å². The Morgan fingerprint density at radius 3 is 2.62 bits per heavy atom. The van der Waals surface area contributed by atoms with Crippen molar-refractivity contribution in [2.45, 2.75) is 26.2 Å². The van der Waals surface area contributed by atoms with Crippen LogP contribution in [0.15, 0.2) is 15.9 Å². The number of carbonyl (C=O) groups excluding carboxylic acids is 1. The fourth-order valence-corrected chi connectivity index (χ4v) is 3.45. The van der Waals surface area contributed by atoms with Crippen molar-refractivity contribution in [3.05, 3.63) is 20.8 Å². The number of hydrogen-bond acceptors (Lipinski definition) is 2. The van der Waals surface area contributed by atoms with E-state index >= 15 is 0 Å². The summed E-state index contributed by atoms with van der Waals surface area (Å²) in [7, 11) is 0. The van der Waals surface area contributed by atoms with Crippen molar-refractivity contribution < 1.29 is 4.79 Å². The van der Waals surface area contributed by atoms with Gasteiger partial charge in [0.2, 0.25) is 0 Å². The van der Waals surface area contributed by atoms with Gasteiger partial charge in [-0.1, -0.05) is 13.8 Å². The van der Waals surface area contributed by atoms with E-state index in [1.165, 1.54) is 4.88 Å². The van der Waals surface area contributed by atoms with Crippen LogP contribution in [0.3, 0.4) is 0 Å². The smallest absolute Gasteiger partial charge is 0.139 e. The van der Waals surface area contributed by atoms with E-state index in [4.69, 9.17) is 0 Å². The zero-order valence-corrected chi connectivity index (χ0v) is 10.0. The molecule has 1 aromatic heterocycles. The first-order valence-electron chi connectivity index (χ1n) is 4.30. The Labute approximate surface area is 90.3 Å². The van der Waals surface area contributed by atoms with E-state index in [9.17, 15) is 4.79 Å². The summed E-state index contributed by atoms with van der Waals surface area (Å²) in [5.41, 5.74) is -0.135. The van der Waals surface area contributed by atoms with Crippen molar-refractivity contribution in [2.24, 2.45) is 5.41 Å². The van der Waals surface area contributed by atoms with Crippen LogP contribution in [0.5, 0.6) is 0 Å². The van der Waals surface area contributed by atoms with Crippen molar-refractivity contribution in [1.29, 1.82) is 0 Å². The SMILES string of the molecule is CC1(C)C(=O)CC1c1ccc(Br)s1. The molecule has 1 heterocycles. The second-order valence-electron chi connectivity index (χ2n) is 4.04. The van der Waals surface area contributed by atoms with Gasteiger partial charge >= 0.3 is 0 Å². The van der Waals surface area contributed by atoms with Crippen LogP contribution in [0.4, 0.5) is 0 Å². The molecule has 1 atom stereocenters. The standard InChI is InChI=1S/C10H11BrOS/c1-10(2)6(5-8(10)12)7-3-4-9(11)13-7/h3-4,6H,5H2,1-2H3. The zero-order valence-electron chi connectivity index (χ0n) is 7.63. The summed E-state index contributed by atoms with van der Waals surface area (Å²) in [6.07, 6.45) is 0.722. The van der Waals surface area contributed by atoms with Gasteiger partial charge in [-0.3, -0.25) is 4.79 Å². The highest BCUT2D eigenvalue weighted by atomic mass is 79.9. The molecule has 0 bridgehead atoms. The molecule has 0 amide bonds. The third kappa shape index (κ3) is 1.38. The number of halogens is 1. The minimum Gasteiger partial charge on any atom is -0.299 e. The maximum atomic E-state index is 11.3. The number of carbonyl (C=O) groups is 1. The molecule has 1 fully saturated rings. The fourth-order valence-electron chi connectivity index (χ4n) is 1.74. The van der Waals surface area contributed by atoms with Gasteiger partial charge in [-0.2, -0.15) is 0 Å². The average Bonchev–Trinajstić information content (AvgIpc) is 2.47. The maximum Gasteiger partial charge on any atom is 0.139 e. The lowest BCUT2D eigenvalue weighted by Crippen LogP contribution is -2.43. The van der Waals surface area contributed by atoms with Crippen molar-refractivity contribution in [2.75, 3.05) is 0 Å². The van der Waals surface area contributed by atoms with E-state index in [0.717, 1.165) is 10.2 Å². The van der Waals surface area contributed by atoms with Gasteiger partial charge in [0.15, 0.2) is 0 Å². The minimum atomic E-state index is -0.135. The fraction of sp³-hybridized carbons (Fsp3) is 0.500. The third-order valence-electron chi connectivity index (χ3n) is 2.92. The van der Waals surface area contributed by atoms with Crippen LogP contribution in [0.2, 0.25) is 0 Å². The molecule has 1 saturated carbocycles. The molecule has 70 valence electrons. The number of rotatable bonds is 1. The molecule has 1 aliphatic rings. The molecule has 0 spiro atoms. The highest BCUT2D eigenvalue weighted by molar-refractivity contribution is 9.11. The Balaban J connectivity index is 2.26. The molecule has 1 nitrogen and oxygen atoms in total. The summed E-state index contributed by atoms with van der Waals surface area (Å²) in [5.74, 6) is 0.832. The second-order valence-corrected chi connectivity index (χ2v) is 6.54. The van der Waals surface area contributed by atoms with E-state index in [1.807, 2.05) is 13.8 Å². The molecule has 0 saturated heterocycles. The molecule has 13 heavy (non-hydrogen) atoms. The summed E-state index contributed by atoms with van der Waals surface area (Å²) in [4.78, 5) is 12.7. The number of hydrogen-bond donors (Lipinski definition) is 0. The average molecular weight is 259 g/mol. The number of thiophene rings is 1. The van der Waals surface area contributed by atoms with Crippen LogP contribution in [0, 0.1) is 5.41 Å². The van der Waals surface area contributed by atoms with Crippen LogP contribution >= 0.6 is 27.3 Å². The lowest BCUT2D eigenvalue weighted by atomic mass is 9.61. The Kier molecular flexibility index (Phi) is 2.11. The molecule has 3 heteroatoms. The molecular weight excluding hydrogens is 248 g/mol. The van der Waals surface area contributed by atoms with Crippen molar-refractivity contribution in [1.82, 2.24) is 0 Å². The normalized spacial score (nSPS) is 25.8. The monoisotopic (exact) mass is 258 g/mol. The van der Waals surface area contributed by atoms with E-state index in [0.29, 0.717) is 11.7 Å². The third-order valence-corrected chi connectivity index (χ3v) is 4.65. The molecule has 1 aromatic rings.